The molecule has 1 aliphatic rings. The standard InChI is InChI=1S/C24H27N5O5S/c1-13-11-12-17(34-13)20(23(31)27-14-7-3-4-8-14)29(15-9-5-6-10-16(15)33-2)24(32)21-18(25)19(22(26)30)28-35-21/h5-6,9-12,14,20H,3-4,7-8,25H2,1-2H3,(H2,26,30)(H,27,31)/t20-/m0/s1. The van der Waals surface area contributed by atoms with Gasteiger partial charge in [-0.2, -0.15) is 4.37 Å². The number of nitrogen functional groups attached to an aromatic ring is 1. The normalized spacial score (nSPS) is 14.5. The van der Waals surface area contributed by atoms with Gasteiger partial charge in [0.05, 0.1) is 18.5 Å². The second kappa shape index (κ2) is 10.2. The number of methoxy groups -OCH3 is 1. The first kappa shape index (κ1) is 24.3. The Hall–Kier alpha value is -3.86. The van der Waals surface area contributed by atoms with Crippen molar-refractivity contribution in [1.82, 2.24) is 9.69 Å². The fourth-order valence-corrected chi connectivity index (χ4v) is 5.00. The third-order valence-electron chi connectivity index (χ3n) is 5.96. The van der Waals surface area contributed by atoms with Gasteiger partial charge in [-0.1, -0.05) is 25.0 Å². The molecule has 11 heteroatoms. The van der Waals surface area contributed by atoms with Crippen LogP contribution in [0.3, 0.4) is 0 Å². The van der Waals surface area contributed by atoms with E-state index in [1.165, 1.54) is 12.0 Å². The number of amides is 3. The van der Waals surface area contributed by atoms with E-state index in [1.54, 1.807) is 43.3 Å². The Kier molecular flexibility index (Phi) is 7.06. The van der Waals surface area contributed by atoms with Crippen LogP contribution in [0.1, 0.15) is 63.4 Å². The van der Waals surface area contributed by atoms with Gasteiger partial charge in [0.15, 0.2) is 11.7 Å². The summed E-state index contributed by atoms with van der Waals surface area (Å²) >= 11 is 0.741. The van der Waals surface area contributed by atoms with Gasteiger partial charge < -0.3 is 25.9 Å². The first-order valence-corrected chi connectivity index (χ1v) is 12.0. The summed E-state index contributed by atoms with van der Waals surface area (Å²) in [6, 6.07) is 9.03. The molecular weight excluding hydrogens is 470 g/mol. The van der Waals surface area contributed by atoms with Crippen molar-refractivity contribution >= 4 is 40.6 Å². The number of para-hydroxylation sites is 2. The SMILES string of the molecule is COc1ccccc1N(C(=O)c1snc(C(N)=O)c1N)[C@H](C(=O)NC1CCCC1)c1ccc(C)o1. The van der Waals surface area contributed by atoms with Crippen LogP contribution in [0.4, 0.5) is 11.4 Å². The zero-order valence-electron chi connectivity index (χ0n) is 19.4. The van der Waals surface area contributed by atoms with E-state index in [1.807, 2.05) is 0 Å². The van der Waals surface area contributed by atoms with Gasteiger partial charge in [-0.3, -0.25) is 19.3 Å². The zero-order chi connectivity index (χ0) is 25.1. The number of furan rings is 1. The molecule has 0 saturated heterocycles. The Morgan fingerprint density at radius 3 is 2.51 bits per heavy atom. The first-order valence-electron chi connectivity index (χ1n) is 11.2. The summed E-state index contributed by atoms with van der Waals surface area (Å²) in [7, 11) is 1.47. The highest BCUT2D eigenvalue weighted by atomic mass is 32.1. The molecule has 2 aromatic heterocycles. The van der Waals surface area contributed by atoms with Crippen LogP contribution in [0, 0.1) is 6.92 Å². The van der Waals surface area contributed by atoms with Gasteiger partial charge in [0.1, 0.15) is 22.1 Å². The molecule has 10 nitrogen and oxygen atoms in total. The number of hydrogen-bond acceptors (Lipinski definition) is 8. The average molecular weight is 498 g/mol. The molecule has 1 aromatic carbocycles. The van der Waals surface area contributed by atoms with Gasteiger partial charge in [-0.15, -0.1) is 0 Å². The second-order valence-electron chi connectivity index (χ2n) is 8.33. The molecule has 1 aliphatic carbocycles. The fourth-order valence-electron chi connectivity index (χ4n) is 4.26. The average Bonchev–Trinajstić information content (AvgIpc) is 3.58. The van der Waals surface area contributed by atoms with E-state index < -0.39 is 23.8 Å². The highest BCUT2D eigenvalue weighted by molar-refractivity contribution is 7.09. The Bertz CT molecular complexity index is 1250. The molecule has 3 amide bonds. The number of carbonyl (C=O) groups is 3. The minimum Gasteiger partial charge on any atom is -0.495 e. The van der Waals surface area contributed by atoms with Crippen molar-refractivity contribution in [2.75, 3.05) is 17.7 Å². The summed E-state index contributed by atoms with van der Waals surface area (Å²) in [6.07, 6.45) is 3.78. The lowest BCUT2D eigenvalue weighted by atomic mass is 10.1. The molecule has 35 heavy (non-hydrogen) atoms. The number of aromatic nitrogens is 1. The summed E-state index contributed by atoms with van der Waals surface area (Å²) in [6.45, 7) is 1.75. The van der Waals surface area contributed by atoms with Crippen LogP contribution in [0.5, 0.6) is 5.75 Å². The number of nitrogens with two attached hydrogens (primary N) is 2. The Balaban J connectivity index is 1.87. The van der Waals surface area contributed by atoms with E-state index >= 15 is 0 Å². The lowest BCUT2D eigenvalue weighted by Crippen LogP contribution is -2.46. The second-order valence-corrected chi connectivity index (χ2v) is 9.10. The topological polar surface area (TPSA) is 154 Å². The van der Waals surface area contributed by atoms with E-state index in [4.69, 9.17) is 20.6 Å². The summed E-state index contributed by atoms with van der Waals surface area (Å²) in [5.74, 6) is -0.670. The Morgan fingerprint density at radius 1 is 1.20 bits per heavy atom. The van der Waals surface area contributed by atoms with Crippen molar-refractivity contribution in [2.24, 2.45) is 5.73 Å². The summed E-state index contributed by atoms with van der Waals surface area (Å²) < 4.78 is 15.3. The molecule has 4 rings (SSSR count). The van der Waals surface area contributed by atoms with Crippen molar-refractivity contribution < 1.29 is 23.5 Å². The monoisotopic (exact) mass is 497 g/mol. The number of ether oxygens (including phenoxy) is 1. The molecule has 2 heterocycles. The van der Waals surface area contributed by atoms with Crippen molar-refractivity contribution in [1.29, 1.82) is 0 Å². The summed E-state index contributed by atoms with van der Waals surface area (Å²) in [4.78, 5) is 40.7. The maximum absolute atomic E-state index is 14.0. The molecule has 0 radical (unpaired) electrons. The quantitative estimate of drug-likeness (QED) is 0.432. The van der Waals surface area contributed by atoms with Gasteiger partial charge in [0.25, 0.3) is 17.7 Å². The molecule has 1 fully saturated rings. The number of benzene rings is 1. The van der Waals surface area contributed by atoms with Gasteiger partial charge in [0, 0.05) is 6.04 Å². The van der Waals surface area contributed by atoms with Crippen LogP contribution in [-0.2, 0) is 4.79 Å². The maximum Gasteiger partial charge on any atom is 0.273 e. The zero-order valence-corrected chi connectivity index (χ0v) is 20.3. The van der Waals surface area contributed by atoms with Crippen LogP contribution < -0.4 is 26.4 Å². The number of rotatable bonds is 8. The Morgan fingerprint density at radius 2 is 1.91 bits per heavy atom. The summed E-state index contributed by atoms with van der Waals surface area (Å²) in [5, 5.41) is 3.07. The van der Waals surface area contributed by atoms with Gasteiger partial charge >= 0.3 is 0 Å². The molecule has 5 N–H and O–H groups in total. The Labute approximate surface area is 206 Å². The highest BCUT2D eigenvalue weighted by Gasteiger charge is 2.39. The predicted molar refractivity (Wildman–Crippen MR) is 131 cm³/mol. The number of hydrogen-bond donors (Lipinski definition) is 3. The minimum absolute atomic E-state index is 0.00520. The van der Waals surface area contributed by atoms with Crippen LogP contribution in [0.15, 0.2) is 40.8 Å². The molecule has 0 unspecified atom stereocenters. The van der Waals surface area contributed by atoms with Crippen molar-refractivity contribution in [2.45, 2.75) is 44.7 Å². The molecular formula is C24H27N5O5S. The van der Waals surface area contributed by atoms with Gasteiger partial charge in [-0.05, 0) is 55.6 Å². The molecule has 184 valence electrons. The first-order chi connectivity index (χ1) is 16.8. The number of primary amides is 1. The van der Waals surface area contributed by atoms with Crippen LogP contribution in [0.25, 0.3) is 0 Å². The number of anilines is 2. The van der Waals surface area contributed by atoms with Gasteiger partial charge in [-0.25, -0.2) is 0 Å². The van der Waals surface area contributed by atoms with E-state index in [0.29, 0.717) is 17.2 Å². The van der Waals surface area contributed by atoms with E-state index in [9.17, 15) is 14.4 Å². The van der Waals surface area contributed by atoms with E-state index in [0.717, 1.165) is 37.2 Å². The molecule has 1 saturated carbocycles. The third-order valence-corrected chi connectivity index (χ3v) is 6.81. The largest absolute Gasteiger partial charge is 0.495 e. The maximum atomic E-state index is 14.0. The molecule has 3 aromatic rings. The molecule has 0 spiro atoms. The van der Waals surface area contributed by atoms with E-state index in [-0.39, 0.29) is 28.1 Å². The van der Waals surface area contributed by atoms with E-state index in [2.05, 4.69) is 9.69 Å². The van der Waals surface area contributed by atoms with Crippen LogP contribution in [0.2, 0.25) is 0 Å². The molecule has 0 aliphatic heterocycles. The van der Waals surface area contributed by atoms with Gasteiger partial charge in [0.2, 0.25) is 0 Å². The smallest absolute Gasteiger partial charge is 0.273 e. The molecule has 0 bridgehead atoms. The van der Waals surface area contributed by atoms with Crippen molar-refractivity contribution in [3.63, 3.8) is 0 Å². The van der Waals surface area contributed by atoms with Crippen LogP contribution >= 0.6 is 11.5 Å². The number of carbonyl (C=O) groups excluding carboxylic acids is 3. The lowest BCUT2D eigenvalue weighted by Gasteiger charge is -2.31. The number of aryl methyl sites for hydroxylation is 1. The molecule has 1 atom stereocenters. The highest BCUT2D eigenvalue weighted by Crippen LogP contribution is 2.38. The van der Waals surface area contributed by atoms with Crippen molar-refractivity contribution in [3.8, 4) is 5.75 Å². The number of nitrogens with zero attached hydrogens (tertiary/aromatic N) is 2. The van der Waals surface area contributed by atoms with Crippen LogP contribution in [-0.4, -0.2) is 35.2 Å². The van der Waals surface area contributed by atoms with Crippen molar-refractivity contribution in [3.05, 3.63) is 58.5 Å². The lowest BCUT2D eigenvalue weighted by molar-refractivity contribution is -0.123. The summed E-state index contributed by atoms with van der Waals surface area (Å²) in [5.41, 5.74) is 11.4. The minimum atomic E-state index is -1.17. The number of nitrogens with one attached hydrogen (secondary N) is 1. The third kappa shape index (κ3) is 4.85. The predicted octanol–water partition coefficient (Wildman–Crippen LogP) is 3.18. The fraction of sp³-hybridized carbons (Fsp3) is 0.333.